The molecule has 0 spiro atoms. The van der Waals surface area contributed by atoms with Crippen LogP contribution in [0.5, 0.6) is 0 Å². The first-order valence-electron chi connectivity index (χ1n) is 5.55. The van der Waals surface area contributed by atoms with Gasteiger partial charge in [-0.2, -0.15) is 0 Å². The van der Waals surface area contributed by atoms with Crippen LogP contribution in [0.15, 0.2) is 53.6 Å². The van der Waals surface area contributed by atoms with Crippen molar-refractivity contribution >= 4 is 10.0 Å². The summed E-state index contributed by atoms with van der Waals surface area (Å²) in [4.78, 5) is 4.41. The van der Waals surface area contributed by atoms with Crippen LogP contribution >= 0.6 is 0 Å². The molecule has 0 fully saturated rings. The number of benzene rings is 1. The van der Waals surface area contributed by atoms with Gasteiger partial charge in [-0.15, -0.1) is 0 Å². The van der Waals surface area contributed by atoms with Crippen molar-refractivity contribution in [3.05, 3.63) is 59.9 Å². The van der Waals surface area contributed by atoms with E-state index in [4.69, 9.17) is 0 Å². The fourth-order valence-corrected chi connectivity index (χ4v) is 2.56. The maximum Gasteiger partial charge on any atom is 0.240 e. The lowest BCUT2D eigenvalue weighted by molar-refractivity contribution is 0.580. The maximum atomic E-state index is 12.0. The Morgan fingerprint density at radius 2 is 1.83 bits per heavy atom. The average molecular weight is 262 g/mol. The number of hydrogen-bond donors (Lipinski definition) is 1. The summed E-state index contributed by atoms with van der Waals surface area (Å²) in [5, 5.41) is 0. The van der Waals surface area contributed by atoms with Crippen LogP contribution in [0.1, 0.15) is 11.3 Å². The molecule has 1 aromatic carbocycles. The summed E-state index contributed by atoms with van der Waals surface area (Å²) in [6.45, 7) is 2.10. The molecule has 1 aromatic heterocycles. The second kappa shape index (κ2) is 5.29. The monoisotopic (exact) mass is 262 g/mol. The molecule has 0 saturated carbocycles. The van der Waals surface area contributed by atoms with Gasteiger partial charge in [0.15, 0.2) is 0 Å². The largest absolute Gasteiger partial charge is 0.260 e. The van der Waals surface area contributed by atoms with Crippen molar-refractivity contribution in [1.82, 2.24) is 9.71 Å². The van der Waals surface area contributed by atoms with Gasteiger partial charge in [-0.3, -0.25) is 4.98 Å². The zero-order chi connectivity index (χ0) is 13.0. The van der Waals surface area contributed by atoms with Gasteiger partial charge in [0.1, 0.15) is 0 Å². The number of rotatable bonds is 4. The van der Waals surface area contributed by atoms with Gasteiger partial charge in [-0.25, -0.2) is 13.1 Å². The summed E-state index contributed by atoms with van der Waals surface area (Å²) in [5.74, 6) is 0. The van der Waals surface area contributed by atoms with E-state index < -0.39 is 10.0 Å². The molecule has 0 bridgehead atoms. The predicted octanol–water partition coefficient (Wildman–Crippen LogP) is 1.87. The minimum absolute atomic E-state index is 0.198. The van der Waals surface area contributed by atoms with Crippen LogP contribution in [0.3, 0.4) is 0 Å². The molecule has 0 aliphatic carbocycles. The van der Waals surface area contributed by atoms with E-state index in [1.54, 1.807) is 36.5 Å². The summed E-state index contributed by atoms with van der Waals surface area (Å²) < 4.78 is 26.5. The summed E-state index contributed by atoms with van der Waals surface area (Å²) >= 11 is 0. The quantitative estimate of drug-likeness (QED) is 0.915. The summed E-state index contributed by atoms with van der Waals surface area (Å²) in [7, 11) is -3.47. The van der Waals surface area contributed by atoms with E-state index >= 15 is 0 Å². The Morgan fingerprint density at radius 1 is 1.11 bits per heavy atom. The van der Waals surface area contributed by atoms with Gasteiger partial charge in [-0.1, -0.05) is 24.3 Å². The molecule has 2 aromatic rings. The number of pyridine rings is 1. The van der Waals surface area contributed by atoms with Crippen molar-refractivity contribution in [2.45, 2.75) is 18.4 Å². The Balaban J connectivity index is 2.14. The van der Waals surface area contributed by atoms with Crippen LogP contribution in [-0.2, 0) is 16.6 Å². The minimum Gasteiger partial charge on any atom is -0.260 e. The van der Waals surface area contributed by atoms with E-state index in [0.29, 0.717) is 0 Å². The fourth-order valence-electron chi connectivity index (χ4n) is 1.55. The molecule has 4 nitrogen and oxygen atoms in total. The van der Waals surface area contributed by atoms with Crippen molar-refractivity contribution < 1.29 is 8.42 Å². The van der Waals surface area contributed by atoms with Gasteiger partial charge < -0.3 is 0 Å². The third kappa shape index (κ3) is 2.94. The molecular weight excluding hydrogens is 248 g/mol. The van der Waals surface area contributed by atoms with E-state index in [1.807, 2.05) is 19.1 Å². The smallest absolute Gasteiger partial charge is 0.240 e. The first kappa shape index (κ1) is 12.7. The zero-order valence-electron chi connectivity index (χ0n) is 10.00. The van der Waals surface area contributed by atoms with Crippen molar-refractivity contribution in [1.29, 1.82) is 0 Å². The van der Waals surface area contributed by atoms with E-state index in [-0.39, 0.29) is 11.4 Å². The number of hydrogen-bond acceptors (Lipinski definition) is 3. The number of sulfonamides is 1. The van der Waals surface area contributed by atoms with Gasteiger partial charge in [0.25, 0.3) is 0 Å². The summed E-state index contributed by atoms with van der Waals surface area (Å²) in [6.07, 6.45) is 1.65. The molecule has 0 unspecified atom stereocenters. The van der Waals surface area contributed by atoms with Crippen LogP contribution < -0.4 is 4.72 Å². The van der Waals surface area contributed by atoms with Crippen LogP contribution in [0, 0.1) is 6.92 Å². The maximum absolute atomic E-state index is 12.0. The van der Waals surface area contributed by atoms with Crippen molar-refractivity contribution in [2.24, 2.45) is 0 Å². The lowest BCUT2D eigenvalue weighted by atomic mass is 10.2. The second-order valence-electron chi connectivity index (χ2n) is 3.90. The lowest BCUT2D eigenvalue weighted by Gasteiger charge is -2.07. The Morgan fingerprint density at radius 3 is 2.50 bits per heavy atom. The highest BCUT2D eigenvalue weighted by molar-refractivity contribution is 7.89. The van der Waals surface area contributed by atoms with Crippen LogP contribution in [0.25, 0.3) is 0 Å². The van der Waals surface area contributed by atoms with Crippen molar-refractivity contribution in [3.8, 4) is 0 Å². The van der Waals surface area contributed by atoms with Crippen molar-refractivity contribution in [3.63, 3.8) is 0 Å². The number of aromatic nitrogens is 1. The van der Waals surface area contributed by atoms with Gasteiger partial charge in [0, 0.05) is 6.20 Å². The van der Waals surface area contributed by atoms with Gasteiger partial charge in [0.05, 0.1) is 17.1 Å². The Hall–Kier alpha value is -1.72. The Kier molecular flexibility index (Phi) is 3.74. The highest BCUT2D eigenvalue weighted by Gasteiger charge is 2.13. The summed E-state index contributed by atoms with van der Waals surface area (Å²) in [6, 6.07) is 12.0. The molecule has 0 radical (unpaired) electrons. The standard InChI is InChI=1S/C13H14N2O2S/c1-11-6-5-9-14-13(11)10-15-18(16,17)12-7-3-2-4-8-12/h2-9,15H,10H2,1H3. The Bertz CT molecular complexity index is 624. The van der Waals surface area contributed by atoms with E-state index in [1.165, 1.54) is 0 Å². The zero-order valence-corrected chi connectivity index (χ0v) is 10.8. The molecule has 18 heavy (non-hydrogen) atoms. The molecule has 5 heteroatoms. The van der Waals surface area contributed by atoms with Gasteiger partial charge >= 0.3 is 0 Å². The van der Waals surface area contributed by atoms with Crippen LogP contribution in [-0.4, -0.2) is 13.4 Å². The molecule has 0 aliphatic rings. The van der Waals surface area contributed by atoms with Crippen LogP contribution in [0.2, 0.25) is 0 Å². The number of aryl methyl sites for hydroxylation is 1. The highest BCUT2D eigenvalue weighted by Crippen LogP contribution is 2.09. The van der Waals surface area contributed by atoms with Crippen LogP contribution in [0.4, 0.5) is 0 Å². The molecule has 0 amide bonds. The van der Waals surface area contributed by atoms with E-state index in [0.717, 1.165) is 11.3 Å². The molecular formula is C13H14N2O2S. The number of nitrogens with one attached hydrogen (secondary N) is 1. The van der Waals surface area contributed by atoms with Gasteiger partial charge in [0.2, 0.25) is 10.0 Å². The summed E-state index contributed by atoms with van der Waals surface area (Å²) in [5.41, 5.74) is 1.70. The first-order valence-corrected chi connectivity index (χ1v) is 7.03. The predicted molar refractivity (Wildman–Crippen MR) is 69.4 cm³/mol. The molecule has 1 N–H and O–H groups in total. The number of nitrogens with zero attached hydrogens (tertiary/aromatic N) is 1. The topological polar surface area (TPSA) is 59.1 Å². The lowest BCUT2D eigenvalue weighted by Crippen LogP contribution is -2.24. The normalized spacial score (nSPS) is 11.4. The minimum atomic E-state index is -3.47. The molecule has 0 aliphatic heterocycles. The third-order valence-electron chi connectivity index (χ3n) is 2.60. The van der Waals surface area contributed by atoms with E-state index in [2.05, 4.69) is 9.71 Å². The molecule has 94 valence electrons. The SMILES string of the molecule is Cc1cccnc1CNS(=O)(=O)c1ccccc1. The molecule has 2 rings (SSSR count). The second-order valence-corrected chi connectivity index (χ2v) is 5.67. The average Bonchev–Trinajstić information content (AvgIpc) is 2.39. The van der Waals surface area contributed by atoms with Crippen molar-refractivity contribution in [2.75, 3.05) is 0 Å². The van der Waals surface area contributed by atoms with E-state index in [9.17, 15) is 8.42 Å². The first-order chi connectivity index (χ1) is 8.59. The third-order valence-corrected chi connectivity index (χ3v) is 4.02. The molecule has 0 saturated heterocycles. The molecule has 1 heterocycles. The Labute approximate surface area is 107 Å². The fraction of sp³-hybridized carbons (Fsp3) is 0.154. The van der Waals surface area contributed by atoms with Gasteiger partial charge in [-0.05, 0) is 30.7 Å². The molecule has 0 atom stereocenters. The highest BCUT2D eigenvalue weighted by atomic mass is 32.2.